The van der Waals surface area contributed by atoms with Gasteiger partial charge in [-0.05, 0) is 0 Å². The van der Waals surface area contributed by atoms with Crippen LogP contribution >= 0.6 is 0 Å². The van der Waals surface area contributed by atoms with Crippen LogP contribution in [0.5, 0.6) is 0 Å². The van der Waals surface area contributed by atoms with E-state index in [4.69, 9.17) is 5.11 Å². The molecule has 0 aliphatic carbocycles. The fourth-order valence-corrected chi connectivity index (χ4v) is 0.647. The molecule has 0 aromatic carbocycles. The molecule has 0 aliphatic rings. The van der Waals surface area contributed by atoms with Gasteiger partial charge in [-0.15, -0.1) is 0 Å². The molecular weight excluding hydrogens is 160 g/mol. The highest BCUT2D eigenvalue weighted by atomic mass is 16.4. The van der Waals surface area contributed by atoms with E-state index >= 15 is 0 Å². The molecule has 0 radical (unpaired) electrons. The van der Waals surface area contributed by atoms with Crippen LogP contribution in [-0.2, 0) is 9.59 Å². The Labute approximate surface area is 71.1 Å². The van der Waals surface area contributed by atoms with Crippen molar-refractivity contribution in [2.45, 2.75) is 12.8 Å². The molecule has 0 fully saturated rings. The molecule has 0 saturated carbocycles. The zero-order chi connectivity index (χ0) is 9.40. The minimum atomic E-state index is -0.831. The second kappa shape index (κ2) is 6.60. The molecule has 0 bridgehead atoms. The average molecular weight is 174 g/mol. The molecule has 12 heavy (non-hydrogen) atoms. The Bertz CT molecular complexity index is 159. The number of nitrogens with one attached hydrogen (secondary N) is 2. The predicted molar refractivity (Wildman–Crippen MR) is 43.8 cm³/mol. The van der Waals surface area contributed by atoms with Crippen molar-refractivity contribution >= 4 is 11.9 Å². The van der Waals surface area contributed by atoms with Gasteiger partial charge in [-0.1, -0.05) is 0 Å². The van der Waals surface area contributed by atoms with Crippen molar-refractivity contribution < 1.29 is 14.7 Å². The lowest BCUT2D eigenvalue weighted by Crippen LogP contribution is -2.26. The van der Waals surface area contributed by atoms with Gasteiger partial charge in [0, 0.05) is 26.6 Å². The number of rotatable bonds is 6. The molecule has 1 amide bonds. The van der Waals surface area contributed by atoms with Crippen LogP contribution < -0.4 is 10.6 Å². The number of hydrogen-bond acceptors (Lipinski definition) is 3. The van der Waals surface area contributed by atoms with Gasteiger partial charge in [0.25, 0.3) is 0 Å². The number of carboxylic acids is 1. The third kappa shape index (κ3) is 7.01. The Kier molecular flexibility index (Phi) is 6.00. The molecule has 0 atom stereocenters. The number of carboxylic acid groups (broad SMARTS) is 1. The van der Waals surface area contributed by atoms with Crippen LogP contribution in [0.3, 0.4) is 0 Å². The maximum Gasteiger partial charge on any atom is 0.304 e. The maximum atomic E-state index is 10.6. The average Bonchev–Trinajstić information content (AvgIpc) is 2.03. The molecular formula is C7H14N2O3. The normalized spacial score (nSPS) is 9.42. The molecule has 0 saturated heterocycles. The van der Waals surface area contributed by atoms with Crippen LogP contribution in [0.15, 0.2) is 0 Å². The Morgan fingerprint density at radius 1 is 1.25 bits per heavy atom. The molecule has 3 N–H and O–H groups in total. The van der Waals surface area contributed by atoms with Crippen molar-refractivity contribution in [3.05, 3.63) is 0 Å². The Morgan fingerprint density at radius 3 is 2.33 bits per heavy atom. The summed E-state index contributed by atoms with van der Waals surface area (Å²) in [7, 11) is 1.57. The van der Waals surface area contributed by atoms with Crippen LogP contribution in [0.25, 0.3) is 0 Å². The van der Waals surface area contributed by atoms with Crippen LogP contribution in [0.1, 0.15) is 12.8 Å². The fraction of sp³-hybridized carbons (Fsp3) is 0.714. The van der Waals surface area contributed by atoms with Crippen molar-refractivity contribution in [1.29, 1.82) is 0 Å². The van der Waals surface area contributed by atoms with E-state index in [9.17, 15) is 9.59 Å². The molecule has 5 nitrogen and oxygen atoms in total. The van der Waals surface area contributed by atoms with Crippen LogP contribution in [0, 0.1) is 0 Å². The van der Waals surface area contributed by atoms with Gasteiger partial charge in [-0.2, -0.15) is 0 Å². The molecule has 0 aromatic heterocycles. The molecule has 0 aliphatic heterocycles. The van der Waals surface area contributed by atoms with Crippen molar-refractivity contribution in [2.75, 3.05) is 20.1 Å². The van der Waals surface area contributed by atoms with E-state index in [0.717, 1.165) is 0 Å². The third-order valence-corrected chi connectivity index (χ3v) is 1.32. The van der Waals surface area contributed by atoms with Gasteiger partial charge in [-0.3, -0.25) is 9.59 Å². The van der Waals surface area contributed by atoms with Gasteiger partial charge in [-0.25, -0.2) is 0 Å². The number of carbonyl (C=O) groups is 2. The second-order valence-corrected chi connectivity index (χ2v) is 2.32. The summed E-state index contributed by atoms with van der Waals surface area (Å²) in [5.74, 6) is -0.875. The number of aliphatic carboxylic acids is 1. The first-order valence-electron chi connectivity index (χ1n) is 3.80. The smallest absolute Gasteiger partial charge is 0.304 e. The summed E-state index contributed by atoms with van der Waals surface area (Å²) in [6.45, 7) is 0.930. The first kappa shape index (κ1) is 10.9. The standard InChI is InChI=1S/C7H14N2O3/c1-8-6(10)2-4-9-5-3-7(11)12/h9H,2-5H2,1H3,(H,8,10)(H,11,12). The van der Waals surface area contributed by atoms with Crippen LogP contribution in [-0.4, -0.2) is 37.1 Å². The molecule has 70 valence electrons. The highest BCUT2D eigenvalue weighted by Crippen LogP contribution is 1.78. The van der Waals surface area contributed by atoms with Crippen molar-refractivity contribution in [3.63, 3.8) is 0 Å². The molecule has 0 spiro atoms. The largest absolute Gasteiger partial charge is 0.481 e. The zero-order valence-corrected chi connectivity index (χ0v) is 7.09. The summed E-state index contributed by atoms with van der Waals surface area (Å²) >= 11 is 0. The molecule has 0 heterocycles. The van der Waals surface area contributed by atoms with Gasteiger partial charge in [0.2, 0.25) is 5.91 Å². The van der Waals surface area contributed by atoms with Gasteiger partial charge >= 0.3 is 5.97 Å². The summed E-state index contributed by atoms with van der Waals surface area (Å²) in [4.78, 5) is 20.7. The molecule has 5 heteroatoms. The van der Waals surface area contributed by atoms with E-state index in [1.807, 2.05) is 0 Å². The van der Waals surface area contributed by atoms with Gasteiger partial charge in [0.15, 0.2) is 0 Å². The quantitative estimate of drug-likeness (QED) is 0.460. The highest BCUT2D eigenvalue weighted by molar-refractivity contribution is 5.75. The van der Waals surface area contributed by atoms with E-state index in [2.05, 4.69) is 10.6 Å². The van der Waals surface area contributed by atoms with E-state index in [-0.39, 0.29) is 12.3 Å². The molecule has 0 rings (SSSR count). The summed E-state index contributed by atoms with van der Waals surface area (Å²) in [6, 6.07) is 0. The van der Waals surface area contributed by atoms with Gasteiger partial charge < -0.3 is 15.7 Å². The monoisotopic (exact) mass is 174 g/mol. The lowest BCUT2D eigenvalue weighted by molar-refractivity contribution is -0.136. The first-order valence-corrected chi connectivity index (χ1v) is 3.80. The number of hydrogen-bond donors (Lipinski definition) is 3. The predicted octanol–water partition coefficient (Wildman–Crippen LogP) is -0.813. The van der Waals surface area contributed by atoms with E-state index in [0.29, 0.717) is 19.5 Å². The minimum Gasteiger partial charge on any atom is -0.481 e. The summed E-state index contributed by atoms with van der Waals surface area (Å²) < 4.78 is 0. The van der Waals surface area contributed by atoms with Gasteiger partial charge in [0.05, 0.1) is 6.42 Å². The number of carbonyl (C=O) groups excluding carboxylic acids is 1. The van der Waals surface area contributed by atoms with Crippen molar-refractivity contribution in [1.82, 2.24) is 10.6 Å². The maximum absolute atomic E-state index is 10.6. The third-order valence-electron chi connectivity index (χ3n) is 1.32. The Balaban J connectivity index is 3.11. The van der Waals surface area contributed by atoms with Crippen molar-refractivity contribution in [3.8, 4) is 0 Å². The van der Waals surface area contributed by atoms with Crippen LogP contribution in [0.4, 0.5) is 0 Å². The second-order valence-electron chi connectivity index (χ2n) is 2.32. The molecule has 0 aromatic rings. The summed E-state index contributed by atoms with van der Waals surface area (Å²) in [5, 5.41) is 13.6. The lowest BCUT2D eigenvalue weighted by atomic mass is 10.3. The van der Waals surface area contributed by atoms with E-state index in [1.54, 1.807) is 7.05 Å². The van der Waals surface area contributed by atoms with Gasteiger partial charge in [0.1, 0.15) is 0 Å². The van der Waals surface area contributed by atoms with E-state index < -0.39 is 5.97 Å². The summed E-state index contributed by atoms with van der Waals surface area (Å²) in [6.07, 6.45) is 0.476. The zero-order valence-electron chi connectivity index (χ0n) is 7.09. The SMILES string of the molecule is CNC(=O)CCNCCC(=O)O. The molecule has 0 unspecified atom stereocenters. The summed E-state index contributed by atoms with van der Waals surface area (Å²) in [5.41, 5.74) is 0. The van der Waals surface area contributed by atoms with Crippen LogP contribution in [0.2, 0.25) is 0 Å². The van der Waals surface area contributed by atoms with Crippen molar-refractivity contribution in [2.24, 2.45) is 0 Å². The highest BCUT2D eigenvalue weighted by Gasteiger charge is 1.98. The lowest BCUT2D eigenvalue weighted by Gasteiger charge is -2.01. The fourth-order valence-electron chi connectivity index (χ4n) is 0.647. The topological polar surface area (TPSA) is 78.4 Å². The Morgan fingerprint density at radius 2 is 1.83 bits per heavy atom. The minimum absolute atomic E-state index is 0.0437. The number of amides is 1. The Hall–Kier alpha value is -1.10. The first-order chi connectivity index (χ1) is 5.66. The van der Waals surface area contributed by atoms with E-state index in [1.165, 1.54) is 0 Å².